The first-order valence-electron chi connectivity index (χ1n) is 6.27. The number of aryl methyl sites for hydroxylation is 2. The van der Waals surface area contributed by atoms with Gasteiger partial charge >= 0.3 is 0 Å². The lowest BCUT2D eigenvalue weighted by Gasteiger charge is -2.15. The van der Waals surface area contributed by atoms with E-state index in [1.807, 2.05) is 20.8 Å². The summed E-state index contributed by atoms with van der Waals surface area (Å²) in [4.78, 5) is 11.6. The van der Waals surface area contributed by atoms with Gasteiger partial charge in [0, 0.05) is 5.02 Å². The molecule has 0 spiro atoms. The van der Waals surface area contributed by atoms with E-state index in [9.17, 15) is 4.79 Å². The van der Waals surface area contributed by atoms with Gasteiger partial charge in [-0.25, -0.2) is 0 Å². The van der Waals surface area contributed by atoms with Gasteiger partial charge in [0.25, 0.3) is 5.91 Å². The first kappa shape index (κ1) is 15.8. The summed E-state index contributed by atoms with van der Waals surface area (Å²) in [6, 6.07) is 3.38. The molecule has 1 atom stereocenters. The molecule has 0 aliphatic heterocycles. The summed E-state index contributed by atoms with van der Waals surface area (Å²) in [7, 11) is 0. The predicted octanol–water partition coefficient (Wildman–Crippen LogP) is 2.22. The van der Waals surface area contributed by atoms with Crippen molar-refractivity contribution < 1.29 is 14.6 Å². The van der Waals surface area contributed by atoms with Crippen LogP contribution >= 0.6 is 11.6 Å². The number of hydrogen-bond donors (Lipinski definition) is 2. The molecule has 4 nitrogen and oxygen atoms in total. The number of carbonyl (C=O) groups excluding carboxylic acids is 1. The fraction of sp³-hybridized carbons (Fsp3) is 0.500. The van der Waals surface area contributed by atoms with Crippen molar-refractivity contribution in [2.45, 2.75) is 33.2 Å². The zero-order valence-corrected chi connectivity index (χ0v) is 12.3. The lowest BCUT2D eigenvalue weighted by molar-refractivity contribution is -0.124. The van der Waals surface area contributed by atoms with Crippen LogP contribution in [0.5, 0.6) is 5.75 Å². The van der Waals surface area contributed by atoms with Gasteiger partial charge in [0.05, 0.1) is 12.6 Å². The van der Waals surface area contributed by atoms with Gasteiger partial charge in [-0.3, -0.25) is 4.79 Å². The van der Waals surface area contributed by atoms with E-state index in [4.69, 9.17) is 21.4 Å². The maximum absolute atomic E-state index is 11.6. The molecule has 0 bridgehead atoms. The zero-order valence-electron chi connectivity index (χ0n) is 11.5. The third kappa shape index (κ3) is 4.73. The van der Waals surface area contributed by atoms with Crippen LogP contribution < -0.4 is 10.1 Å². The Kier molecular flexibility index (Phi) is 6.12. The number of hydrogen-bond acceptors (Lipinski definition) is 3. The summed E-state index contributed by atoms with van der Waals surface area (Å²) < 4.78 is 5.42. The quantitative estimate of drug-likeness (QED) is 0.843. The Morgan fingerprint density at radius 3 is 2.47 bits per heavy atom. The van der Waals surface area contributed by atoms with E-state index in [2.05, 4.69) is 5.32 Å². The zero-order chi connectivity index (χ0) is 14.4. The van der Waals surface area contributed by atoms with Gasteiger partial charge in [-0.05, 0) is 43.5 Å². The van der Waals surface area contributed by atoms with Crippen LogP contribution in [0.2, 0.25) is 5.02 Å². The molecule has 1 aromatic carbocycles. The molecular weight excluding hydrogens is 266 g/mol. The third-order valence-electron chi connectivity index (χ3n) is 2.86. The van der Waals surface area contributed by atoms with Crippen molar-refractivity contribution in [3.8, 4) is 5.75 Å². The van der Waals surface area contributed by atoms with E-state index in [0.717, 1.165) is 11.1 Å². The highest BCUT2D eigenvalue weighted by molar-refractivity contribution is 6.32. The van der Waals surface area contributed by atoms with Gasteiger partial charge in [-0.2, -0.15) is 0 Å². The monoisotopic (exact) mass is 285 g/mol. The number of benzene rings is 1. The van der Waals surface area contributed by atoms with Crippen LogP contribution in [-0.2, 0) is 4.79 Å². The minimum Gasteiger partial charge on any atom is -0.484 e. The molecule has 1 rings (SSSR count). The van der Waals surface area contributed by atoms with Crippen molar-refractivity contribution in [1.82, 2.24) is 5.32 Å². The Morgan fingerprint density at radius 1 is 1.42 bits per heavy atom. The van der Waals surface area contributed by atoms with E-state index in [1.165, 1.54) is 0 Å². The smallest absolute Gasteiger partial charge is 0.258 e. The SMILES string of the molecule is CCC(CO)NC(=O)COc1cc(C)c(Cl)c(C)c1. The molecular formula is C14H20ClNO3. The normalized spacial score (nSPS) is 12.1. The fourth-order valence-corrected chi connectivity index (χ4v) is 1.79. The van der Waals surface area contributed by atoms with E-state index < -0.39 is 0 Å². The number of rotatable bonds is 6. The van der Waals surface area contributed by atoms with Crippen LogP contribution in [0, 0.1) is 13.8 Å². The fourth-order valence-electron chi connectivity index (χ4n) is 1.68. The molecule has 0 aliphatic carbocycles. The number of halogens is 1. The summed E-state index contributed by atoms with van der Waals surface area (Å²) >= 11 is 6.06. The molecule has 0 radical (unpaired) electrons. The van der Waals surface area contributed by atoms with E-state index in [1.54, 1.807) is 12.1 Å². The van der Waals surface area contributed by atoms with Crippen molar-refractivity contribution >= 4 is 17.5 Å². The first-order chi connectivity index (χ1) is 8.97. The van der Waals surface area contributed by atoms with Crippen molar-refractivity contribution in [3.05, 3.63) is 28.3 Å². The largest absolute Gasteiger partial charge is 0.484 e. The van der Waals surface area contributed by atoms with E-state index in [0.29, 0.717) is 17.2 Å². The molecule has 0 heterocycles. The van der Waals surface area contributed by atoms with Crippen LogP contribution in [0.3, 0.4) is 0 Å². The number of nitrogens with one attached hydrogen (secondary N) is 1. The second-order valence-corrected chi connectivity index (χ2v) is 4.89. The van der Waals surface area contributed by atoms with Gasteiger partial charge in [0.2, 0.25) is 0 Å². The highest BCUT2D eigenvalue weighted by Gasteiger charge is 2.10. The Hall–Kier alpha value is -1.26. The second-order valence-electron chi connectivity index (χ2n) is 4.51. The number of aliphatic hydroxyl groups is 1. The Balaban J connectivity index is 2.55. The van der Waals surface area contributed by atoms with Gasteiger partial charge in [0.15, 0.2) is 6.61 Å². The first-order valence-corrected chi connectivity index (χ1v) is 6.65. The van der Waals surface area contributed by atoms with Crippen molar-refractivity contribution in [3.63, 3.8) is 0 Å². The summed E-state index contributed by atoms with van der Waals surface area (Å²) in [5.74, 6) is 0.373. The lowest BCUT2D eigenvalue weighted by Crippen LogP contribution is -2.39. The molecule has 0 saturated heterocycles. The van der Waals surface area contributed by atoms with Crippen molar-refractivity contribution in [2.24, 2.45) is 0 Å². The lowest BCUT2D eigenvalue weighted by atomic mass is 10.1. The molecule has 1 unspecified atom stereocenters. The Labute approximate surface area is 118 Å². The average Bonchev–Trinajstić information content (AvgIpc) is 2.39. The van der Waals surface area contributed by atoms with Gasteiger partial charge in [0.1, 0.15) is 5.75 Å². The van der Waals surface area contributed by atoms with E-state index >= 15 is 0 Å². The molecule has 0 fully saturated rings. The van der Waals surface area contributed by atoms with Gasteiger partial charge in [-0.15, -0.1) is 0 Å². The maximum atomic E-state index is 11.6. The van der Waals surface area contributed by atoms with Crippen LogP contribution in [0.15, 0.2) is 12.1 Å². The molecule has 5 heteroatoms. The minimum absolute atomic E-state index is 0.0681. The summed E-state index contributed by atoms with van der Waals surface area (Å²) in [5, 5.41) is 12.4. The van der Waals surface area contributed by atoms with Crippen LogP contribution in [0.1, 0.15) is 24.5 Å². The highest BCUT2D eigenvalue weighted by atomic mass is 35.5. The highest BCUT2D eigenvalue weighted by Crippen LogP contribution is 2.25. The maximum Gasteiger partial charge on any atom is 0.258 e. The Bertz CT molecular complexity index is 421. The van der Waals surface area contributed by atoms with Crippen LogP contribution in [0.4, 0.5) is 0 Å². The number of amides is 1. The molecule has 0 aromatic heterocycles. The Morgan fingerprint density at radius 2 is 2.00 bits per heavy atom. The van der Waals surface area contributed by atoms with E-state index in [-0.39, 0.29) is 25.2 Å². The second kappa shape index (κ2) is 7.36. The molecule has 1 aromatic rings. The van der Waals surface area contributed by atoms with Crippen molar-refractivity contribution in [1.29, 1.82) is 0 Å². The topological polar surface area (TPSA) is 58.6 Å². The summed E-state index contributed by atoms with van der Waals surface area (Å²) in [5.41, 5.74) is 1.83. The molecule has 1 amide bonds. The van der Waals surface area contributed by atoms with Gasteiger partial charge in [-0.1, -0.05) is 18.5 Å². The van der Waals surface area contributed by atoms with Crippen LogP contribution in [0.25, 0.3) is 0 Å². The molecule has 0 saturated carbocycles. The number of ether oxygens (including phenoxy) is 1. The number of carbonyl (C=O) groups is 1. The third-order valence-corrected chi connectivity index (χ3v) is 3.45. The molecule has 106 valence electrons. The summed E-state index contributed by atoms with van der Waals surface area (Å²) in [6.45, 7) is 5.54. The standard InChI is InChI=1S/C14H20ClNO3/c1-4-11(7-17)16-13(18)8-19-12-5-9(2)14(15)10(3)6-12/h5-6,11,17H,4,7-8H2,1-3H3,(H,16,18). The molecule has 0 aliphatic rings. The number of aliphatic hydroxyl groups excluding tert-OH is 1. The average molecular weight is 286 g/mol. The molecule has 2 N–H and O–H groups in total. The van der Waals surface area contributed by atoms with Crippen LogP contribution in [-0.4, -0.2) is 30.3 Å². The summed E-state index contributed by atoms with van der Waals surface area (Å²) in [6.07, 6.45) is 0.682. The minimum atomic E-state index is -0.244. The van der Waals surface area contributed by atoms with Crippen molar-refractivity contribution in [2.75, 3.05) is 13.2 Å². The molecule has 19 heavy (non-hydrogen) atoms. The van der Waals surface area contributed by atoms with Gasteiger partial charge < -0.3 is 15.2 Å². The predicted molar refractivity (Wildman–Crippen MR) is 75.7 cm³/mol.